The summed E-state index contributed by atoms with van der Waals surface area (Å²) in [6.45, 7) is 6.21. The summed E-state index contributed by atoms with van der Waals surface area (Å²) < 4.78 is 6.01. The Morgan fingerprint density at radius 1 is 1.50 bits per heavy atom. The Balaban J connectivity index is 1.99. The molecule has 6 nitrogen and oxygen atoms in total. The van der Waals surface area contributed by atoms with Gasteiger partial charge in [-0.1, -0.05) is 15.9 Å². The monoisotopic (exact) mass is 343 g/mol. The topological polar surface area (TPSA) is 67.6 Å². The van der Waals surface area contributed by atoms with Gasteiger partial charge < -0.3 is 10.1 Å². The number of benzene rings is 1. The number of anilines is 1. The summed E-state index contributed by atoms with van der Waals surface area (Å²) in [5.74, 6) is 0. The molecule has 0 radical (unpaired) electrons. The van der Waals surface area contributed by atoms with Gasteiger partial charge in [-0.25, -0.2) is 0 Å². The normalized spacial score (nSPS) is 17.7. The highest BCUT2D eigenvalue weighted by atomic mass is 79.9. The summed E-state index contributed by atoms with van der Waals surface area (Å²) >= 11 is 3.26. The molecule has 1 heterocycles. The first-order chi connectivity index (χ1) is 9.56. The second-order valence-electron chi connectivity index (χ2n) is 4.88. The maximum Gasteiger partial charge on any atom is 0.293 e. The van der Waals surface area contributed by atoms with Crippen molar-refractivity contribution >= 4 is 27.3 Å². The minimum atomic E-state index is -0.367. The highest BCUT2D eigenvalue weighted by Gasteiger charge is 2.18. The van der Waals surface area contributed by atoms with Gasteiger partial charge in [-0.2, -0.15) is 0 Å². The average Bonchev–Trinajstić information content (AvgIpc) is 2.41. The van der Waals surface area contributed by atoms with Crippen molar-refractivity contribution in [2.24, 2.45) is 0 Å². The molecule has 20 heavy (non-hydrogen) atoms. The van der Waals surface area contributed by atoms with E-state index < -0.39 is 0 Å². The van der Waals surface area contributed by atoms with Gasteiger partial charge in [0.05, 0.1) is 18.1 Å². The molecule has 7 heteroatoms. The van der Waals surface area contributed by atoms with Crippen molar-refractivity contribution in [2.45, 2.75) is 13.0 Å². The van der Waals surface area contributed by atoms with Gasteiger partial charge in [0, 0.05) is 36.2 Å². The lowest BCUT2D eigenvalue weighted by atomic mass is 10.2. The minimum absolute atomic E-state index is 0.0909. The zero-order chi connectivity index (χ0) is 14.5. The predicted octanol–water partition coefficient (Wildman–Crippen LogP) is 2.49. The van der Waals surface area contributed by atoms with E-state index in [4.69, 9.17) is 4.74 Å². The lowest BCUT2D eigenvalue weighted by Gasteiger charge is -2.29. The molecule has 1 aromatic carbocycles. The maximum atomic E-state index is 11.1. The van der Waals surface area contributed by atoms with Gasteiger partial charge in [-0.3, -0.25) is 15.0 Å². The Hall–Kier alpha value is -1.18. The molecule has 0 aliphatic carbocycles. The van der Waals surface area contributed by atoms with Crippen LogP contribution in [0.3, 0.4) is 0 Å². The minimum Gasteiger partial charge on any atom is -0.379 e. The van der Waals surface area contributed by atoms with Crippen LogP contribution in [0.25, 0.3) is 0 Å². The van der Waals surface area contributed by atoms with E-state index in [-0.39, 0.29) is 16.7 Å². The third-order valence-electron chi connectivity index (χ3n) is 3.19. The smallest absolute Gasteiger partial charge is 0.293 e. The van der Waals surface area contributed by atoms with Gasteiger partial charge in [0.2, 0.25) is 0 Å². The molecule has 1 aliphatic heterocycles. The van der Waals surface area contributed by atoms with Gasteiger partial charge in [-0.05, 0) is 19.1 Å². The van der Waals surface area contributed by atoms with Crippen LogP contribution >= 0.6 is 15.9 Å². The number of ether oxygens (including phenoxy) is 1. The van der Waals surface area contributed by atoms with Crippen LogP contribution in [0.15, 0.2) is 22.7 Å². The fourth-order valence-electron chi connectivity index (χ4n) is 2.26. The lowest BCUT2D eigenvalue weighted by molar-refractivity contribution is -0.384. The van der Waals surface area contributed by atoms with Crippen molar-refractivity contribution in [3.63, 3.8) is 0 Å². The molecule has 1 N–H and O–H groups in total. The Labute approximate surface area is 126 Å². The third kappa shape index (κ3) is 4.16. The fraction of sp³-hybridized carbons (Fsp3) is 0.538. The molecule has 1 saturated heterocycles. The fourth-order valence-corrected chi connectivity index (χ4v) is 2.61. The van der Waals surface area contributed by atoms with Crippen LogP contribution in [-0.2, 0) is 4.74 Å². The van der Waals surface area contributed by atoms with E-state index in [1.807, 2.05) is 6.92 Å². The molecule has 1 fully saturated rings. The van der Waals surface area contributed by atoms with Crippen molar-refractivity contribution in [3.05, 3.63) is 32.8 Å². The average molecular weight is 344 g/mol. The molecule has 1 unspecified atom stereocenters. The summed E-state index contributed by atoms with van der Waals surface area (Å²) in [7, 11) is 0. The zero-order valence-corrected chi connectivity index (χ0v) is 12.9. The van der Waals surface area contributed by atoms with E-state index in [0.29, 0.717) is 10.2 Å². The number of rotatable bonds is 5. The first-order valence-electron chi connectivity index (χ1n) is 6.57. The molecule has 0 amide bonds. The Morgan fingerprint density at radius 3 is 2.85 bits per heavy atom. The molecular formula is C13H18BrN3O3. The summed E-state index contributed by atoms with van der Waals surface area (Å²) in [5.41, 5.74) is 0.646. The van der Waals surface area contributed by atoms with Crippen LogP contribution in [0, 0.1) is 10.1 Å². The number of hydrogen-bond donors (Lipinski definition) is 1. The molecule has 0 bridgehead atoms. The van der Waals surface area contributed by atoms with Crippen molar-refractivity contribution < 1.29 is 9.66 Å². The highest BCUT2D eigenvalue weighted by molar-refractivity contribution is 9.10. The quantitative estimate of drug-likeness (QED) is 0.657. The van der Waals surface area contributed by atoms with Gasteiger partial charge in [-0.15, -0.1) is 0 Å². The molecule has 1 aliphatic rings. The molecule has 2 rings (SSSR count). The molecule has 1 aromatic rings. The van der Waals surface area contributed by atoms with Crippen LogP contribution in [0.1, 0.15) is 6.92 Å². The number of nitro benzene ring substituents is 1. The zero-order valence-electron chi connectivity index (χ0n) is 11.3. The van der Waals surface area contributed by atoms with Crippen molar-refractivity contribution in [3.8, 4) is 0 Å². The van der Waals surface area contributed by atoms with Crippen LogP contribution in [0.4, 0.5) is 11.4 Å². The highest BCUT2D eigenvalue weighted by Crippen LogP contribution is 2.28. The Bertz CT molecular complexity index is 478. The van der Waals surface area contributed by atoms with Crippen molar-refractivity contribution in [2.75, 3.05) is 38.2 Å². The van der Waals surface area contributed by atoms with Gasteiger partial charge in [0.25, 0.3) is 5.69 Å². The second-order valence-corrected chi connectivity index (χ2v) is 5.79. The van der Waals surface area contributed by atoms with Gasteiger partial charge in [0.1, 0.15) is 5.69 Å². The van der Waals surface area contributed by atoms with E-state index in [0.717, 1.165) is 32.8 Å². The number of nitrogens with zero attached hydrogens (tertiary/aromatic N) is 2. The van der Waals surface area contributed by atoms with Crippen LogP contribution in [-0.4, -0.2) is 48.7 Å². The number of nitrogens with one attached hydrogen (secondary N) is 1. The van der Waals surface area contributed by atoms with E-state index in [1.54, 1.807) is 12.1 Å². The van der Waals surface area contributed by atoms with E-state index in [2.05, 4.69) is 26.1 Å². The molecule has 0 spiro atoms. The number of halogens is 1. The Morgan fingerprint density at radius 2 is 2.20 bits per heavy atom. The predicted molar refractivity (Wildman–Crippen MR) is 81.1 cm³/mol. The van der Waals surface area contributed by atoms with E-state index >= 15 is 0 Å². The third-order valence-corrected chi connectivity index (χ3v) is 3.69. The van der Waals surface area contributed by atoms with Crippen LogP contribution < -0.4 is 5.32 Å². The van der Waals surface area contributed by atoms with Gasteiger partial charge >= 0.3 is 0 Å². The van der Waals surface area contributed by atoms with Gasteiger partial charge in [0.15, 0.2) is 0 Å². The molecule has 0 saturated carbocycles. The summed E-state index contributed by atoms with van der Waals surface area (Å²) in [5, 5.41) is 14.3. The Kier molecular flexibility index (Phi) is 5.33. The second kappa shape index (κ2) is 7.01. The number of morpholine rings is 1. The molecule has 1 atom stereocenters. The lowest BCUT2D eigenvalue weighted by Crippen LogP contribution is -2.42. The summed E-state index contributed by atoms with van der Waals surface area (Å²) in [4.78, 5) is 13.0. The van der Waals surface area contributed by atoms with Crippen LogP contribution in [0.5, 0.6) is 0 Å². The summed E-state index contributed by atoms with van der Waals surface area (Å²) in [6, 6.07) is 5.19. The summed E-state index contributed by atoms with van der Waals surface area (Å²) in [6.07, 6.45) is 0. The van der Waals surface area contributed by atoms with E-state index in [9.17, 15) is 10.1 Å². The van der Waals surface area contributed by atoms with Crippen LogP contribution in [0.2, 0.25) is 0 Å². The van der Waals surface area contributed by atoms with E-state index in [1.165, 1.54) is 6.07 Å². The molecular weight excluding hydrogens is 326 g/mol. The number of nitro groups is 1. The maximum absolute atomic E-state index is 11.1. The largest absolute Gasteiger partial charge is 0.379 e. The number of hydrogen-bond acceptors (Lipinski definition) is 5. The SMILES string of the molecule is CC(CN1CCOCC1)Nc1ccc(Br)cc1[N+](=O)[O-]. The van der Waals surface area contributed by atoms with Crippen molar-refractivity contribution in [1.29, 1.82) is 0 Å². The first kappa shape index (κ1) is 15.2. The first-order valence-corrected chi connectivity index (χ1v) is 7.36. The standard InChI is InChI=1S/C13H18BrN3O3/c1-10(9-16-4-6-20-7-5-16)15-12-3-2-11(14)8-13(12)17(18)19/h2-3,8,10,15H,4-7,9H2,1H3. The van der Waals surface area contributed by atoms with Crippen molar-refractivity contribution in [1.82, 2.24) is 4.90 Å². The molecule has 0 aromatic heterocycles. The molecule has 110 valence electrons.